The molecule has 2 amide bonds. The molecular formula is C26H33N3O3. The van der Waals surface area contributed by atoms with E-state index in [9.17, 15) is 9.59 Å². The monoisotopic (exact) mass is 435 g/mol. The van der Waals surface area contributed by atoms with Crippen LogP contribution >= 0.6 is 0 Å². The number of hydrogen-bond acceptors (Lipinski definition) is 4. The average Bonchev–Trinajstić information content (AvgIpc) is 3.34. The fraction of sp³-hybridized carbons (Fsp3) is 0.500. The molecule has 2 aromatic rings. The Kier molecular flexibility index (Phi) is 6.89. The molecule has 6 heteroatoms. The van der Waals surface area contributed by atoms with Crippen molar-refractivity contribution in [2.24, 2.45) is 5.41 Å². The number of nitrogens with one attached hydrogen (secondary N) is 1. The first-order valence-electron chi connectivity index (χ1n) is 11.7. The Labute approximate surface area is 190 Å². The highest BCUT2D eigenvalue weighted by molar-refractivity contribution is 5.86. The number of rotatable bonds is 6. The molecule has 0 unspecified atom stereocenters. The van der Waals surface area contributed by atoms with Crippen LogP contribution in [0, 0.1) is 5.41 Å². The highest BCUT2D eigenvalue weighted by Gasteiger charge is 2.45. The summed E-state index contributed by atoms with van der Waals surface area (Å²) in [5.74, 6) is 0.0632. The molecule has 32 heavy (non-hydrogen) atoms. The number of aromatic nitrogens is 1. The van der Waals surface area contributed by atoms with Gasteiger partial charge in [0.15, 0.2) is 0 Å². The van der Waals surface area contributed by atoms with Crippen molar-refractivity contribution in [1.29, 1.82) is 0 Å². The first-order chi connectivity index (χ1) is 15.5. The molecule has 0 spiro atoms. The van der Waals surface area contributed by atoms with Gasteiger partial charge in [-0.25, -0.2) is 0 Å². The van der Waals surface area contributed by atoms with Gasteiger partial charge >= 0.3 is 0 Å². The first kappa shape index (κ1) is 22.5. The molecule has 6 nitrogen and oxygen atoms in total. The lowest BCUT2D eigenvalue weighted by Crippen LogP contribution is -2.56. The Balaban J connectivity index is 1.66. The minimum atomic E-state index is -0.667. The number of carbonyl (C=O) groups excluding carboxylic acids is 2. The maximum absolute atomic E-state index is 13.6. The summed E-state index contributed by atoms with van der Waals surface area (Å²) in [6.45, 7) is 5.71. The fourth-order valence-electron chi connectivity index (χ4n) is 4.97. The van der Waals surface area contributed by atoms with Gasteiger partial charge in [-0.15, -0.1) is 0 Å². The standard InChI is InChI=1S/C26H33N3O3/c1-19(2)28-25(31)26(12-6-15-29(18-26)24(30)23-9-5-16-32-23)17-21-7-3-4-8-22(21)20-10-13-27-14-11-20/h3-4,7-8,10-11,13-14,19,23H,5-6,9,12,15-18H2,1-2H3,(H,28,31)/t23-,26+/m1/s1. The first-order valence-corrected chi connectivity index (χ1v) is 11.7. The summed E-state index contributed by atoms with van der Waals surface area (Å²) in [6.07, 6.45) is 7.05. The lowest BCUT2D eigenvalue weighted by molar-refractivity contribution is -0.148. The SMILES string of the molecule is CC(C)NC(=O)[C@]1(Cc2ccccc2-c2ccncc2)CCCN(C(=O)[C@H]2CCCO2)C1. The number of benzene rings is 1. The van der Waals surface area contributed by atoms with Crippen molar-refractivity contribution < 1.29 is 14.3 Å². The molecule has 2 atom stereocenters. The van der Waals surface area contributed by atoms with Crippen molar-refractivity contribution in [1.82, 2.24) is 15.2 Å². The van der Waals surface area contributed by atoms with E-state index in [-0.39, 0.29) is 24.0 Å². The normalized spacial score (nSPS) is 23.3. The van der Waals surface area contributed by atoms with Gasteiger partial charge in [0.1, 0.15) is 6.10 Å². The molecule has 0 radical (unpaired) electrons. The van der Waals surface area contributed by atoms with Crippen molar-refractivity contribution in [3.63, 3.8) is 0 Å². The Morgan fingerprint density at radius 1 is 1.19 bits per heavy atom. The minimum absolute atomic E-state index is 0.0295. The molecule has 170 valence electrons. The zero-order valence-corrected chi connectivity index (χ0v) is 19.0. The Hall–Kier alpha value is -2.73. The molecule has 3 heterocycles. The molecule has 2 aliphatic rings. The van der Waals surface area contributed by atoms with E-state index in [1.54, 1.807) is 12.4 Å². The van der Waals surface area contributed by atoms with Gasteiger partial charge in [-0.05, 0) is 74.8 Å². The molecule has 1 aromatic carbocycles. The molecule has 0 bridgehead atoms. The van der Waals surface area contributed by atoms with Crippen molar-refractivity contribution in [3.8, 4) is 11.1 Å². The summed E-state index contributed by atoms with van der Waals surface area (Å²) in [7, 11) is 0. The van der Waals surface area contributed by atoms with Crippen molar-refractivity contribution >= 4 is 11.8 Å². The van der Waals surface area contributed by atoms with Crippen molar-refractivity contribution in [2.45, 2.75) is 58.1 Å². The number of pyridine rings is 1. The Morgan fingerprint density at radius 3 is 2.69 bits per heavy atom. The molecule has 2 saturated heterocycles. The van der Waals surface area contributed by atoms with E-state index in [0.717, 1.165) is 42.4 Å². The van der Waals surface area contributed by atoms with Gasteiger partial charge in [0.2, 0.25) is 5.91 Å². The van der Waals surface area contributed by atoms with Crippen LogP contribution in [0.1, 0.15) is 45.1 Å². The largest absolute Gasteiger partial charge is 0.368 e. The highest BCUT2D eigenvalue weighted by Crippen LogP contribution is 2.38. The predicted molar refractivity (Wildman–Crippen MR) is 124 cm³/mol. The van der Waals surface area contributed by atoms with Crippen LogP contribution in [0.25, 0.3) is 11.1 Å². The lowest BCUT2D eigenvalue weighted by atomic mass is 9.73. The van der Waals surface area contributed by atoms with Crippen LogP contribution in [0.2, 0.25) is 0 Å². The van der Waals surface area contributed by atoms with Gasteiger partial charge in [-0.2, -0.15) is 0 Å². The van der Waals surface area contributed by atoms with Gasteiger partial charge in [0, 0.05) is 38.1 Å². The zero-order chi connectivity index (χ0) is 22.6. The van der Waals surface area contributed by atoms with Crippen molar-refractivity contribution in [3.05, 3.63) is 54.4 Å². The van der Waals surface area contributed by atoms with Gasteiger partial charge in [0.25, 0.3) is 5.91 Å². The number of ether oxygens (including phenoxy) is 1. The van der Waals surface area contributed by atoms with Crippen LogP contribution in [0.5, 0.6) is 0 Å². The lowest BCUT2D eigenvalue weighted by Gasteiger charge is -2.43. The fourth-order valence-corrected chi connectivity index (χ4v) is 4.97. The quantitative estimate of drug-likeness (QED) is 0.753. The number of amides is 2. The zero-order valence-electron chi connectivity index (χ0n) is 19.0. The molecule has 2 fully saturated rings. The third-order valence-corrected chi connectivity index (χ3v) is 6.53. The van der Waals surface area contributed by atoms with E-state index in [2.05, 4.69) is 22.4 Å². The summed E-state index contributed by atoms with van der Waals surface area (Å²) < 4.78 is 5.66. The molecule has 0 saturated carbocycles. The molecule has 2 aliphatic heterocycles. The summed E-state index contributed by atoms with van der Waals surface area (Å²) >= 11 is 0. The van der Waals surface area contributed by atoms with Gasteiger partial charge in [0.05, 0.1) is 5.41 Å². The van der Waals surface area contributed by atoms with E-state index in [0.29, 0.717) is 26.1 Å². The van der Waals surface area contributed by atoms with Crippen LogP contribution in [0.4, 0.5) is 0 Å². The van der Waals surface area contributed by atoms with E-state index in [1.807, 2.05) is 43.0 Å². The molecule has 1 aromatic heterocycles. The van der Waals surface area contributed by atoms with E-state index < -0.39 is 5.41 Å². The number of carbonyl (C=O) groups is 2. The maximum Gasteiger partial charge on any atom is 0.251 e. The Bertz CT molecular complexity index is 940. The van der Waals surface area contributed by atoms with Gasteiger partial charge in [-0.3, -0.25) is 14.6 Å². The van der Waals surface area contributed by atoms with Crippen LogP contribution in [0.3, 0.4) is 0 Å². The highest BCUT2D eigenvalue weighted by atomic mass is 16.5. The van der Waals surface area contributed by atoms with Crippen molar-refractivity contribution in [2.75, 3.05) is 19.7 Å². The van der Waals surface area contributed by atoms with Gasteiger partial charge in [-0.1, -0.05) is 24.3 Å². The summed E-state index contributed by atoms with van der Waals surface area (Å²) in [5, 5.41) is 3.14. The average molecular weight is 436 g/mol. The number of likely N-dealkylation sites (tertiary alicyclic amines) is 1. The van der Waals surface area contributed by atoms with Crippen LogP contribution in [-0.2, 0) is 20.7 Å². The molecular weight excluding hydrogens is 402 g/mol. The molecule has 4 rings (SSSR count). The van der Waals surface area contributed by atoms with E-state index >= 15 is 0 Å². The summed E-state index contributed by atoms with van der Waals surface area (Å²) in [5.41, 5.74) is 2.64. The smallest absolute Gasteiger partial charge is 0.251 e. The Morgan fingerprint density at radius 2 is 1.97 bits per heavy atom. The second-order valence-electron chi connectivity index (χ2n) is 9.34. The number of hydrogen-bond donors (Lipinski definition) is 1. The van der Waals surface area contributed by atoms with E-state index in [1.165, 1.54) is 0 Å². The van der Waals surface area contributed by atoms with Crippen LogP contribution in [0.15, 0.2) is 48.8 Å². The predicted octanol–water partition coefficient (Wildman–Crippen LogP) is 3.60. The summed E-state index contributed by atoms with van der Waals surface area (Å²) in [6, 6.07) is 12.3. The summed E-state index contributed by atoms with van der Waals surface area (Å²) in [4.78, 5) is 32.7. The molecule has 1 N–H and O–H groups in total. The van der Waals surface area contributed by atoms with Gasteiger partial charge < -0.3 is 15.0 Å². The van der Waals surface area contributed by atoms with E-state index in [4.69, 9.17) is 4.74 Å². The van der Waals surface area contributed by atoms with Crippen LogP contribution in [-0.4, -0.2) is 53.5 Å². The van der Waals surface area contributed by atoms with Crippen LogP contribution < -0.4 is 5.32 Å². The molecule has 0 aliphatic carbocycles. The third kappa shape index (κ3) is 4.85. The second kappa shape index (κ2) is 9.82. The maximum atomic E-state index is 13.6. The second-order valence-corrected chi connectivity index (χ2v) is 9.34. The number of piperidine rings is 1. The minimum Gasteiger partial charge on any atom is -0.368 e. The topological polar surface area (TPSA) is 71.5 Å². The third-order valence-electron chi connectivity index (χ3n) is 6.53. The number of nitrogens with zero attached hydrogens (tertiary/aromatic N) is 2.